The van der Waals surface area contributed by atoms with E-state index in [9.17, 15) is 35.9 Å². The highest BCUT2D eigenvalue weighted by Gasteiger charge is 2.35. The predicted molar refractivity (Wildman–Crippen MR) is 126 cm³/mol. The van der Waals surface area contributed by atoms with E-state index in [2.05, 4.69) is 5.32 Å². The highest BCUT2D eigenvalue weighted by Crippen LogP contribution is 2.39. The second-order valence-corrected chi connectivity index (χ2v) is 9.34. The number of allylic oxidation sites excluding steroid dienone is 2. The number of hydrogen-bond acceptors (Lipinski definition) is 2. The summed E-state index contributed by atoms with van der Waals surface area (Å²) in [5.74, 6) is -1.80. The van der Waals surface area contributed by atoms with Crippen LogP contribution >= 0.6 is 34.8 Å². The minimum atomic E-state index is -4.72. The fraction of sp³-hybridized carbons (Fsp3) is 0.304. The Labute approximate surface area is 217 Å². The van der Waals surface area contributed by atoms with Crippen LogP contribution < -0.4 is 10.6 Å². The van der Waals surface area contributed by atoms with Crippen LogP contribution in [-0.4, -0.2) is 36.3 Å². The maximum absolute atomic E-state index is 13.6. The largest absolute Gasteiger partial charge is 0.416 e. The number of hydrogen-bond donors (Lipinski definition) is 2. The van der Waals surface area contributed by atoms with Gasteiger partial charge in [-0.1, -0.05) is 53.0 Å². The number of carbonyl (C=O) groups excluding carboxylic acids is 2. The summed E-state index contributed by atoms with van der Waals surface area (Å²) in [5, 5.41) is 3.66. The number of carbonyl (C=O) groups is 2. The van der Waals surface area contributed by atoms with Crippen LogP contribution in [-0.2, 0) is 11.2 Å². The maximum Gasteiger partial charge on any atom is 0.416 e. The third-order valence-corrected chi connectivity index (χ3v) is 6.00. The topological polar surface area (TPSA) is 58.2 Å². The average Bonchev–Trinajstić information content (AvgIpc) is 2.74. The van der Waals surface area contributed by atoms with Gasteiger partial charge < -0.3 is 10.6 Å². The predicted octanol–water partition coefficient (Wildman–Crippen LogP) is 7.02. The second-order valence-electron chi connectivity index (χ2n) is 8.15. The van der Waals surface area contributed by atoms with Crippen molar-refractivity contribution in [3.05, 3.63) is 74.2 Å². The third kappa shape index (κ3) is 8.31. The number of rotatable bonds is 7. The molecule has 0 atom stereocenters. The van der Waals surface area contributed by atoms with Crippen molar-refractivity contribution in [3.63, 3.8) is 0 Å². The lowest BCUT2D eigenvalue weighted by molar-refractivity contribution is -0.141. The van der Waals surface area contributed by atoms with E-state index < -0.39 is 41.8 Å². The number of alkyl halides is 6. The molecule has 4 nitrogen and oxygen atoms in total. The molecule has 0 aliphatic heterocycles. The second kappa shape index (κ2) is 11.3. The van der Waals surface area contributed by atoms with Crippen LogP contribution in [0.15, 0.2) is 42.5 Å². The van der Waals surface area contributed by atoms with Crippen LogP contribution in [0.4, 0.5) is 26.3 Å². The molecule has 2 N–H and O–H groups in total. The summed E-state index contributed by atoms with van der Waals surface area (Å²) in [6.07, 6.45) is -8.57. The van der Waals surface area contributed by atoms with Crippen LogP contribution in [0.5, 0.6) is 0 Å². The summed E-state index contributed by atoms with van der Waals surface area (Å²) in [7, 11) is 0. The highest BCUT2D eigenvalue weighted by atomic mass is 35.5. The van der Waals surface area contributed by atoms with Gasteiger partial charge in [0, 0.05) is 5.56 Å². The molecule has 13 heteroatoms. The Hall–Kier alpha value is -2.43. The van der Waals surface area contributed by atoms with Crippen molar-refractivity contribution >= 4 is 52.2 Å². The Morgan fingerprint density at radius 3 is 1.89 bits per heavy atom. The van der Waals surface area contributed by atoms with Crippen molar-refractivity contribution in [2.24, 2.45) is 0 Å². The third-order valence-electron chi connectivity index (χ3n) is 4.80. The zero-order valence-electron chi connectivity index (χ0n) is 18.7. The van der Waals surface area contributed by atoms with E-state index in [0.29, 0.717) is 5.56 Å². The van der Waals surface area contributed by atoms with Crippen molar-refractivity contribution < 1.29 is 35.9 Å². The molecule has 0 heterocycles. The molecule has 0 unspecified atom stereocenters. The number of benzene rings is 2. The van der Waals surface area contributed by atoms with E-state index in [1.807, 2.05) is 0 Å². The van der Waals surface area contributed by atoms with Gasteiger partial charge in [-0.15, -0.1) is 0 Å². The smallest absolute Gasteiger partial charge is 0.345 e. The summed E-state index contributed by atoms with van der Waals surface area (Å²) in [6.45, 7) is 0.898. The minimum absolute atomic E-state index is 0.0479. The number of halogens is 9. The molecule has 0 saturated heterocycles. The van der Waals surface area contributed by atoms with Gasteiger partial charge in [0.2, 0.25) is 5.91 Å². The van der Waals surface area contributed by atoms with E-state index in [1.54, 1.807) is 5.32 Å². The fourth-order valence-corrected chi connectivity index (χ4v) is 3.53. The van der Waals surface area contributed by atoms with Gasteiger partial charge in [-0.25, -0.2) is 0 Å². The Morgan fingerprint density at radius 2 is 1.42 bits per heavy atom. The van der Waals surface area contributed by atoms with Crippen molar-refractivity contribution in [1.82, 2.24) is 10.6 Å². The van der Waals surface area contributed by atoms with Gasteiger partial charge in [-0.05, 0) is 55.7 Å². The van der Waals surface area contributed by atoms with Crippen LogP contribution in [0, 0.1) is 0 Å². The molecule has 2 amide bonds. The Balaban J connectivity index is 2.16. The molecule has 0 saturated carbocycles. The summed E-state index contributed by atoms with van der Waals surface area (Å²) in [5.41, 5.74) is -2.46. The molecule has 196 valence electrons. The van der Waals surface area contributed by atoms with Crippen molar-refractivity contribution in [3.8, 4) is 0 Å². The van der Waals surface area contributed by atoms with E-state index in [-0.39, 0.29) is 32.6 Å². The zero-order chi connectivity index (χ0) is 27.5. The van der Waals surface area contributed by atoms with Gasteiger partial charge in [0.15, 0.2) is 0 Å². The number of nitrogens with one attached hydrogen (secondary N) is 2. The summed E-state index contributed by atoms with van der Waals surface area (Å²) in [6, 6.07) is 7.52. The average molecular weight is 576 g/mol. The lowest BCUT2D eigenvalue weighted by Gasteiger charge is -2.25. The maximum atomic E-state index is 13.6. The van der Waals surface area contributed by atoms with Crippen LogP contribution in [0.3, 0.4) is 0 Å². The molecule has 0 aromatic heterocycles. The zero-order valence-corrected chi connectivity index (χ0v) is 20.9. The molecule has 2 rings (SSSR count). The van der Waals surface area contributed by atoms with Crippen molar-refractivity contribution in [2.75, 3.05) is 6.54 Å². The molecular formula is C23H19Cl3F6N2O2. The van der Waals surface area contributed by atoms with Crippen molar-refractivity contribution in [2.45, 2.75) is 38.2 Å². The molecule has 0 radical (unpaired) electrons. The lowest BCUT2D eigenvalue weighted by Crippen LogP contribution is -2.55. The molecule has 36 heavy (non-hydrogen) atoms. The molecule has 2 aromatic carbocycles. The van der Waals surface area contributed by atoms with Crippen LogP contribution in [0.25, 0.3) is 5.57 Å². The van der Waals surface area contributed by atoms with Gasteiger partial charge in [0.25, 0.3) is 5.91 Å². The molecule has 0 bridgehead atoms. The first-order valence-corrected chi connectivity index (χ1v) is 11.2. The van der Waals surface area contributed by atoms with Crippen LogP contribution in [0.2, 0.25) is 15.1 Å². The van der Waals surface area contributed by atoms with Crippen LogP contribution in [0.1, 0.15) is 35.3 Å². The van der Waals surface area contributed by atoms with E-state index in [1.165, 1.54) is 38.1 Å². The first-order chi connectivity index (χ1) is 16.4. The van der Waals surface area contributed by atoms with Crippen molar-refractivity contribution in [1.29, 1.82) is 0 Å². The standard InChI is InChI=1S/C23H19Cl3F6N2O2/c1-21(2,20(36)33-11-22(27,28)29)34-19(35)13-6-3-12(4-7-13)5-8-15(23(30,31)32)14-9-16(24)18(26)17(25)10-14/h3-4,6-10H,5,11H2,1-2H3,(H,33,36)(H,34,35). The molecule has 2 aromatic rings. The fourth-order valence-electron chi connectivity index (χ4n) is 2.93. The van der Waals surface area contributed by atoms with Gasteiger partial charge in [-0.3, -0.25) is 9.59 Å². The van der Waals surface area contributed by atoms with Gasteiger partial charge in [-0.2, -0.15) is 26.3 Å². The minimum Gasteiger partial charge on any atom is -0.345 e. The van der Waals surface area contributed by atoms with Gasteiger partial charge in [0.05, 0.1) is 20.6 Å². The Kier molecular flexibility index (Phi) is 9.36. The molecular weight excluding hydrogens is 557 g/mol. The molecule has 0 aliphatic rings. The van der Waals surface area contributed by atoms with E-state index in [4.69, 9.17) is 34.8 Å². The van der Waals surface area contributed by atoms with E-state index in [0.717, 1.165) is 18.2 Å². The summed E-state index contributed by atoms with van der Waals surface area (Å²) < 4.78 is 77.9. The van der Waals surface area contributed by atoms with Gasteiger partial charge >= 0.3 is 12.4 Å². The normalized spacial score (nSPS) is 12.9. The van der Waals surface area contributed by atoms with Gasteiger partial charge in [0.1, 0.15) is 12.1 Å². The molecule has 0 spiro atoms. The Morgan fingerprint density at radius 1 is 0.889 bits per heavy atom. The first kappa shape index (κ1) is 29.8. The Bertz CT molecular complexity index is 1140. The first-order valence-electron chi connectivity index (χ1n) is 10.1. The molecule has 0 aliphatic carbocycles. The molecule has 0 fully saturated rings. The number of amides is 2. The summed E-state index contributed by atoms with van der Waals surface area (Å²) in [4.78, 5) is 24.4. The SMILES string of the molecule is CC(C)(NC(=O)c1ccc(CC=C(c2cc(Cl)c(Cl)c(Cl)c2)C(F)(F)F)cc1)C(=O)NCC(F)(F)F. The highest BCUT2D eigenvalue weighted by molar-refractivity contribution is 6.48. The summed E-state index contributed by atoms with van der Waals surface area (Å²) >= 11 is 17.5. The lowest BCUT2D eigenvalue weighted by atomic mass is 10.0. The quantitative estimate of drug-likeness (QED) is 0.275. The monoisotopic (exact) mass is 574 g/mol. The van der Waals surface area contributed by atoms with E-state index >= 15 is 0 Å².